The fourth-order valence-corrected chi connectivity index (χ4v) is 3.23. The van der Waals surface area contributed by atoms with Crippen molar-refractivity contribution in [2.75, 3.05) is 6.54 Å². The van der Waals surface area contributed by atoms with Crippen molar-refractivity contribution in [2.45, 2.75) is 38.0 Å². The van der Waals surface area contributed by atoms with Crippen LogP contribution in [-0.4, -0.2) is 44.0 Å². The third-order valence-corrected chi connectivity index (χ3v) is 5.06. The van der Waals surface area contributed by atoms with E-state index < -0.39 is 32.2 Å². The summed E-state index contributed by atoms with van der Waals surface area (Å²) in [5.74, 6) is -1.12. The maximum atomic E-state index is 12.7. The van der Waals surface area contributed by atoms with Gasteiger partial charge in [0.15, 0.2) is 13.5 Å². The number of nitrogens with zero attached hydrogens (tertiary/aromatic N) is 1. The summed E-state index contributed by atoms with van der Waals surface area (Å²) in [7, 11) is 2.60. The Morgan fingerprint density at radius 1 is 1.09 bits per heavy atom. The summed E-state index contributed by atoms with van der Waals surface area (Å²) in [5, 5.41) is 4.88. The van der Waals surface area contributed by atoms with Crippen molar-refractivity contribution < 1.29 is 18.5 Å². The molecule has 0 saturated heterocycles. The monoisotopic (exact) mass is 505 g/mol. The number of carbonyl (C=O) groups excluding carboxylic acids is 2. The van der Waals surface area contributed by atoms with Crippen LogP contribution in [-0.2, 0) is 27.4 Å². The van der Waals surface area contributed by atoms with Gasteiger partial charge in [0.25, 0.3) is 0 Å². The molecule has 2 radical (unpaired) electrons. The topological polar surface area (TPSA) is 132 Å². The number of benzene rings is 2. The molecular weight excluding hydrogens is 475 g/mol. The number of carbonyl (C=O) groups is 2. The van der Waals surface area contributed by atoms with Crippen LogP contribution < -0.4 is 21.9 Å². The first-order chi connectivity index (χ1) is 15.8. The molecule has 0 aliphatic heterocycles. The van der Waals surface area contributed by atoms with Gasteiger partial charge in [0.1, 0.15) is 20.9 Å². The normalized spacial score (nSPS) is 13.6. The van der Waals surface area contributed by atoms with Crippen LogP contribution in [0.2, 0.25) is 0 Å². The number of hydrogen-bond donors (Lipinski definition) is 4. The first-order valence-electron chi connectivity index (χ1n) is 10.4. The molecule has 8 nitrogen and oxygen atoms in total. The van der Waals surface area contributed by atoms with Gasteiger partial charge in [-0.05, 0) is 24.0 Å². The summed E-state index contributed by atoms with van der Waals surface area (Å²) in [4.78, 5) is 29.3. The number of amides is 1. The Bertz CT molecular complexity index is 912. The van der Waals surface area contributed by atoms with Crippen LogP contribution in [0.3, 0.4) is 0 Å². The Hall–Kier alpha value is -2.62. The third-order valence-electron chi connectivity index (χ3n) is 4.62. The van der Waals surface area contributed by atoms with Crippen LogP contribution >= 0.6 is 21.8 Å². The number of halogens is 1. The van der Waals surface area contributed by atoms with Gasteiger partial charge in [0.2, 0.25) is 5.91 Å². The lowest BCUT2D eigenvalue weighted by molar-refractivity contribution is -0.149. The minimum absolute atomic E-state index is 0. The summed E-state index contributed by atoms with van der Waals surface area (Å²) in [6, 6.07) is 16.8. The molecule has 2 aromatic carbocycles. The zero-order valence-corrected chi connectivity index (χ0v) is 20.6. The molecule has 1 amide bonds. The van der Waals surface area contributed by atoms with Crippen LogP contribution in [0.25, 0.3) is 0 Å². The molecule has 0 saturated carbocycles. The van der Waals surface area contributed by atoms with Gasteiger partial charge < -0.3 is 26.6 Å². The van der Waals surface area contributed by atoms with E-state index in [9.17, 15) is 13.8 Å². The van der Waals surface area contributed by atoms with Crippen molar-refractivity contribution in [1.82, 2.24) is 10.4 Å². The van der Waals surface area contributed by atoms with Gasteiger partial charge >= 0.3 is 5.97 Å². The van der Waals surface area contributed by atoms with E-state index in [-0.39, 0.29) is 39.0 Å². The fraction of sp³-hybridized carbons (Fsp3) is 0.318. The molecule has 0 spiro atoms. The first kappa shape index (κ1) is 29.4. The van der Waals surface area contributed by atoms with Crippen LogP contribution in [0.15, 0.2) is 65.7 Å². The van der Waals surface area contributed by atoms with Gasteiger partial charge in [0.05, 0.1) is 6.04 Å². The van der Waals surface area contributed by atoms with Crippen molar-refractivity contribution >= 4 is 47.2 Å². The van der Waals surface area contributed by atoms with E-state index >= 15 is 0 Å². The highest BCUT2D eigenvalue weighted by atomic mass is 32.1. The quantitative estimate of drug-likeness (QED) is 0.0871. The Kier molecular flexibility index (Phi) is 13.9. The minimum Gasteiger partial charge on any atom is -0.459 e. The lowest BCUT2D eigenvalue weighted by Gasteiger charge is -2.20. The molecule has 0 bridgehead atoms. The van der Waals surface area contributed by atoms with Gasteiger partial charge in [-0.2, -0.15) is 13.5 Å². The summed E-state index contributed by atoms with van der Waals surface area (Å²) in [6.45, 7) is 0.347. The SMILES string of the molecule is S.[B]P(F)NC(N)=NCCC[C@@H](N)C(=O)N[C@@H](Cc1ccccc1)C(=O)OCc1ccccc1. The molecule has 0 aliphatic rings. The van der Waals surface area contributed by atoms with E-state index in [1.54, 1.807) is 0 Å². The van der Waals surface area contributed by atoms with Gasteiger partial charge in [-0.15, -0.1) is 0 Å². The van der Waals surface area contributed by atoms with E-state index in [1.807, 2.05) is 60.7 Å². The Balaban J connectivity index is 0.00000578. The van der Waals surface area contributed by atoms with E-state index in [2.05, 4.69) is 15.4 Å². The highest BCUT2D eigenvalue weighted by Gasteiger charge is 2.25. The zero-order chi connectivity index (χ0) is 24.1. The van der Waals surface area contributed by atoms with Crippen LogP contribution in [0, 0.1) is 0 Å². The molecule has 0 heterocycles. The van der Waals surface area contributed by atoms with Gasteiger partial charge in [0, 0.05) is 13.0 Å². The van der Waals surface area contributed by atoms with Crippen LogP contribution in [0.5, 0.6) is 0 Å². The predicted octanol–water partition coefficient (Wildman–Crippen LogP) is 1.95. The van der Waals surface area contributed by atoms with Crippen molar-refractivity contribution in [3.63, 3.8) is 0 Å². The second kappa shape index (κ2) is 16.1. The standard InChI is InChI=1S/C22H28BFN5O3P.H2S/c23-33(24)29-22(26)27-13-7-12-18(25)20(30)28-19(14-16-8-3-1-4-9-16)21(31)32-15-17-10-5-2-6-11-17;/h1-6,8-11,18-19H,7,12-15,25H2,(H,28,30)(H3,26,27,29);1H2/t18-,19+,33?;/m1./s1. The molecule has 2 rings (SSSR count). The average molecular weight is 505 g/mol. The second-order valence-corrected chi connectivity index (χ2v) is 8.13. The van der Waals surface area contributed by atoms with Gasteiger partial charge in [-0.1, -0.05) is 60.7 Å². The molecule has 12 heteroatoms. The highest BCUT2D eigenvalue weighted by Crippen LogP contribution is 2.22. The van der Waals surface area contributed by atoms with Crippen molar-refractivity contribution in [3.05, 3.63) is 71.8 Å². The average Bonchev–Trinajstić information content (AvgIpc) is 2.80. The second-order valence-electron chi connectivity index (χ2n) is 7.28. The number of rotatable bonds is 12. The van der Waals surface area contributed by atoms with E-state index in [4.69, 9.17) is 23.8 Å². The van der Waals surface area contributed by atoms with Crippen molar-refractivity contribution in [3.8, 4) is 0 Å². The van der Waals surface area contributed by atoms with E-state index in [1.165, 1.54) is 0 Å². The van der Waals surface area contributed by atoms with Crippen molar-refractivity contribution in [2.24, 2.45) is 16.5 Å². The van der Waals surface area contributed by atoms with Gasteiger partial charge in [-0.3, -0.25) is 9.79 Å². The third kappa shape index (κ3) is 11.5. The Labute approximate surface area is 208 Å². The number of guanidine groups is 1. The molecule has 182 valence electrons. The van der Waals surface area contributed by atoms with Crippen molar-refractivity contribution in [1.29, 1.82) is 0 Å². The number of esters is 1. The molecule has 6 N–H and O–H groups in total. The molecule has 34 heavy (non-hydrogen) atoms. The number of nitrogens with one attached hydrogen (secondary N) is 2. The summed E-state index contributed by atoms with van der Waals surface area (Å²) < 4.78 is 18.1. The number of ether oxygens (including phenoxy) is 1. The van der Waals surface area contributed by atoms with Crippen LogP contribution in [0.1, 0.15) is 24.0 Å². The number of aliphatic imine (C=N–C) groups is 1. The molecule has 0 aromatic heterocycles. The molecule has 1 unspecified atom stereocenters. The predicted molar refractivity (Wildman–Crippen MR) is 139 cm³/mol. The fourth-order valence-electron chi connectivity index (χ4n) is 2.94. The summed E-state index contributed by atoms with van der Waals surface area (Å²) in [5.41, 5.74) is 13.2. The molecule has 2 aromatic rings. The van der Waals surface area contributed by atoms with E-state index in [0.29, 0.717) is 12.8 Å². The zero-order valence-electron chi connectivity index (χ0n) is 18.7. The van der Waals surface area contributed by atoms with Gasteiger partial charge in [-0.25, -0.2) is 8.99 Å². The summed E-state index contributed by atoms with van der Waals surface area (Å²) in [6.07, 6.45) is 1.00. The number of hydrogen-bond acceptors (Lipinski definition) is 5. The van der Waals surface area contributed by atoms with Crippen LogP contribution in [0.4, 0.5) is 4.20 Å². The first-order valence-corrected chi connectivity index (χ1v) is 11.7. The maximum absolute atomic E-state index is 12.7. The molecule has 0 aliphatic carbocycles. The Morgan fingerprint density at radius 2 is 1.68 bits per heavy atom. The largest absolute Gasteiger partial charge is 0.459 e. The molecule has 3 atom stereocenters. The number of nitrogens with two attached hydrogens (primary N) is 2. The highest BCUT2D eigenvalue weighted by molar-refractivity contribution is 7.76. The maximum Gasteiger partial charge on any atom is 0.329 e. The molecule has 0 fully saturated rings. The summed E-state index contributed by atoms with van der Waals surface area (Å²) >= 11 is 0. The Morgan fingerprint density at radius 3 is 2.26 bits per heavy atom. The lowest BCUT2D eigenvalue weighted by atomic mass is 10.0. The lowest BCUT2D eigenvalue weighted by Crippen LogP contribution is -2.49. The molecular formula is C22H30BFN5O3PS. The minimum atomic E-state index is -2.38. The van der Waals surface area contributed by atoms with E-state index in [0.717, 1.165) is 11.1 Å². The smallest absolute Gasteiger partial charge is 0.329 e.